The zero-order valence-corrected chi connectivity index (χ0v) is 39.1. The summed E-state index contributed by atoms with van der Waals surface area (Å²) in [5, 5.41) is 0. The maximum atomic E-state index is 12.8. The molecular formula is C55H88O6. The number of rotatable bonds is 42. The Kier molecular flexibility index (Phi) is 45.6. The summed E-state index contributed by atoms with van der Waals surface area (Å²) in [5.74, 6) is -1.03. The Bertz CT molecular complexity index is 1290. The Morgan fingerprint density at radius 1 is 0.361 bits per heavy atom. The van der Waals surface area contributed by atoms with Gasteiger partial charge in [-0.05, 0) is 89.9 Å². The van der Waals surface area contributed by atoms with Crippen molar-refractivity contribution in [2.45, 2.75) is 207 Å². The lowest BCUT2D eigenvalue weighted by Crippen LogP contribution is -2.30. The Balaban J connectivity index is 4.54. The molecule has 0 spiro atoms. The largest absolute Gasteiger partial charge is 0.462 e. The fourth-order valence-corrected chi connectivity index (χ4v) is 6.24. The lowest BCUT2D eigenvalue weighted by molar-refractivity contribution is -0.167. The fraction of sp³-hybridized carbons (Fsp3) is 0.618. The van der Waals surface area contributed by atoms with E-state index in [-0.39, 0.29) is 44.0 Å². The lowest BCUT2D eigenvalue weighted by Gasteiger charge is -2.18. The maximum absolute atomic E-state index is 12.8. The highest BCUT2D eigenvalue weighted by atomic mass is 16.6. The van der Waals surface area contributed by atoms with Crippen LogP contribution in [0.3, 0.4) is 0 Å². The van der Waals surface area contributed by atoms with Gasteiger partial charge >= 0.3 is 17.9 Å². The van der Waals surface area contributed by atoms with E-state index in [2.05, 4.69) is 75.5 Å². The van der Waals surface area contributed by atoms with Crippen LogP contribution >= 0.6 is 0 Å². The third-order valence-electron chi connectivity index (χ3n) is 9.87. The Hall–Kier alpha value is -3.93. The zero-order valence-electron chi connectivity index (χ0n) is 39.1. The number of hydrogen-bond acceptors (Lipinski definition) is 6. The van der Waals surface area contributed by atoms with Crippen molar-refractivity contribution in [3.8, 4) is 0 Å². The van der Waals surface area contributed by atoms with E-state index >= 15 is 0 Å². The van der Waals surface area contributed by atoms with Crippen LogP contribution in [0.4, 0.5) is 0 Å². The second-order valence-electron chi connectivity index (χ2n) is 15.7. The Morgan fingerprint density at radius 3 is 1.26 bits per heavy atom. The first kappa shape index (κ1) is 57.1. The SMILES string of the molecule is CC\C=C/C=C\C=C/C=C\C=C/CCCC(=O)OCC(COC(=O)CCCCCCC/C=C\CCCCCCCCC)OC(=O)CCCCCC/C=C\C/C=C\C/C=C\CC. The van der Waals surface area contributed by atoms with Crippen LogP contribution in [0, 0.1) is 0 Å². The van der Waals surface area contributed by atoms with E-state index in [0.29, 0.717) is 12.8 Å². The minimum absolute atomic E-state index is 0.116. The second-order valence-corrected chi connectivity index (χ2v) is 15.7. The van der Waals surface area contributed by atoms with E-state index in [1.165, 1.54) is 57.8 Å². The molecule has 6 nitrogen and oxygen atoms in total. The van der Waals surface area contributed by atoms with Gasteiger partial charge in [0.2, 0.25) is 0 Å². The van der Waals surface area contributed by atoms with Crippen molar-refractivity contribution in [2.24, 2.45) is 0 Å². The number of esters is 3. The first-order chi connectivity index (χ1) is 30.0. The van der Waals surface area contributed by atoms with Gasteiger partial charge in [0.15, 0.2) is 6.10 Å². The highest BCUT2D eigenvalue weighted by molar-refractivity contribution is 5.71. The molecule has 0 aromatic rings. The quantitative estimate of drug-likeness (QED) is 0.0200. The number of hydrogen-bond donors (Lipinski definition) is 0. The molecule has 0 amide bonds. The summed E-state index contributed by atoms with van der Waals surface area (Å²) < 4.78 is 16.7. The van der Waals surface area contributed by atoms with E-state index in [4.69, 9.17) is 14.2 Å². The van der Waals surface area contributed by atoms with Crippen molar-refractivity contribution in [1.82, 2.24) is 0 Å². The van der Waals surface area contributed by atoms with Crippen molar-refractivity contribution >= 4 is 17.9 Å². The summed E-state index contributed by atoms with van der Waals surface area (Å²) in [6, 6.07) is 0. The van der Waals surface area contributed by atoms with Crippen molar-refractivity contribution in [3.05, 3.63) is 109 Å². The molecule has 0 aromatic carbocycles. The third-order valence-corrected chi connectivity index (χ3v) is 9.87. The summed E-state index contributed by atoms with van der Waals surface area (Å²) in [7, 11) is 0. The molecule has 0 aromatic heterocycles. The zero-order chi connectivity index (χ0) is 44.4. The summed E-state index contributed by atoms with van der Waals surface area (Å²) in [5.41, 5.74) is 0. The van der Waals surface area contributed by atoms with Gasteiger partial charge in [-0.1, -0.05) is 201 Å². The molecule has 0 rings (SSSR count). The number of carbonyl (C=O) groups is 3. The van der Waals surface area contributed by atoms with Gasteiger partial charge in [0.25, 0.3) is 0 Å². The van der Waals surface area contributed by atoms with Crippen LogP contribution in [0.2, 0.25) is 0 Å². The standard InChI is InChI=1S/C55H88O6/c1-4-7-10-13-16-19-22-25-27-28-31-33-36-39-42-45-48-54(57)60-51-52(50-59-53(56)47-44-41-38-35-32-29-24-21-18-15-12-9-6-3)61-55(58)49-46-43-40-37-34-30-26-23-20-17-14-11-8-5-2/h8-9,11-12,15,17-18,20-21,24,26-30,32,35,38,52H,4-7,10,13-14,16,19,22-23,25,31,33-34,36-37,39-51H2,1-3H3/b11-8-,12-9-,18-15-,20-17-,24-21-,28-27-,30-26-,32-29-,38-35-. The molecule has 0 heterocycles. The van der Waals surface area contributed by atoms with Gasteiger partial charge in [-0.2, -0.15) is 0 Å². The molecule has 0 aliphatic heterocycles. The van der Waals surface area contributed by atoms with Gasteiger partial charge in [-0.15, -0.1) is 0 Å². The molecule has 0 saturated carbocycles. The predicted molar refractivity (Wildman–Crippen MR) is 260 cm³/mol. The van der Waals surface area contributed by atoms with Crippen LogP contribution in [-0.4, -0.2) is 37.2 Å². The Morgan fingerprint density at radius 2 is 0.738 bits per heavy atom. The number of allylic oxidation sites excluding steroid dienone is 18. The second kappa shape index (κ2) is 48.7. The van der Waals surface area contributed by atoms with Crippen LogP contribution in [0.1, 0.15) is 201 Å². The summed E-state index contributed by atoms with van der Waals surface area (Å²) >= 11 is 0. The fourth-order valence-electron chi connectivity index (χ4n) is 6.24. The molecule has 0 saturated heterocycles. The van der Waals surface area contributed by atoms with Crippen LogP contribution in [0.25, 0.3) is 0 Å². The molecule has 0 fully saturated rings. The molecule has 0 N–H and O–H groups in total. The van der Waals surface area contributed by atoms with E-state index in [1.54, 1.807) is 0 Å². The predicted octanol–water partition coefficient (Wildman–Crippen LogP) is 16.0. The van der Waals surface area contributed by atoms with Crippen LogP contribution in [-0.2, 0) is 28.6 Å². The van der Waals surface area contributed by atoms with E-state index in [9.17, 15) is 14.4 Å². The highest BCUT2D eigenvalue weighted by Gasteiger charge is 2.19. The number of unbranched alkanes of at least 4 members (excludes halogenated alkanes) is 17. The molecule has 0 aliphatic rings. The summed E-state index contributed by atoms with van der Waals surface area (Å²) in [6.45, 7) is 6.27. The minimum Gasteiger partial charge on any atom is -0.462 e. The number of ether oxygens (including phenoxy) is 3. The molecule has 0 radical (unpaired) electrons. The smallest absolute Gasteiger partial charge is 0.306 e. The minimum atomic E-state index is -0.822. The molecule has 0 aliphatic carbocycles. The van der Waals surface area contributed by atoms with Crippen molar-refractivity contribution < 1.29 is 28.6 Å². The molecule has 0 bridgehead atoms. The van der Waals surface area contributed by atoms with Gasteiger partial charge in [0.05, 0.1) is 0 Å². The van der Waals surface area contributed by atoms with Gasteiger partial charge in [0, 0.05) is 19.3 Å². The monoisotopic (exact) mass is 845 g/mol. The summed E-state index contributed by atoms with van der Waals surface area (Å²) in [6.07, 6.45) is 65.1. The molecule has 6 heteroatoms. The van der Waals surface area contributed by atoms with Crippen molar-refractivity contribution in [1.29, 1.82) is 0 Å². The average Bonchev–Trinajstić information content (AvgIpc) is 3.26. The van der Waals surface area contributed by atoms with E-state index in [0.717, 1.165) is 96.3 Å². The Labute approximate surface area is 374 Å². The molecule has 344 valence electrons. The van der Waals surface area contributed by atoms with Crippen LogP contribution in [0.5, 0.6) is 0 Å². The van der Waals surface area contributed by atoms with E-state index < -0.39 is 6.10 Å². The van der Waals surface area contributed by atoms with Crippen molar-refractivity contribution in [2.75, 3.05) is 13.2 Å². The van der Waals surface area contributed by atoms with Gasteiger partial charge in [-0.25, -0.2) is 0 Å². The summed E-state index contributed by atoms with van der Waals surface area (Å²) in [4.78, 5) is 37.9. The topological polar surface area (TPSA) is 78.9 Å². The van der Waals surface area contributed by atoms with Gasteiger partial charge < -0.3 is 14.2 Å². The molecule has 1 atom stereocenters. The number of carbonyl (C=O) groups excluding carboxylic acids is 3. The van der Waals surface area contributed by atoms with Gasteiger partial charge in [0.1, 0.15) is 13.2 Å². The molecular weight excluding hydrogens is 757 g/mol. The van der Waals surface area contributed by atoms with Gasteiger partial charge in [-0.3, -0.25) is 14.4 Å². The van der Waals surface area contributed by atoms with E-state index in [1.807, 2.05) is 54.7 Å². The van der Waals surface area contributed by atoms with Crippen LogP contribution in [0.15, 0.2) is 109 Å². The lowest BCUT2D eigenvalue weighted by atomic mass is 10.1. The highest BCUT2D eigenvalue weighted by Crippen LogP contribution is 2.13. The van der Waals surface area contributed by atoms with Crippen molar-refractivity contribution in [3.63, 3.8) is 0 Å². The average molecular weight is 845 g/mol. The maximum Gasteiger partial charge on any atom is 0.306 e. The first-order valence-electron chi connectivity index (χ1n) is 24.5. The normalized spacial score (nSPS) is 13.0. The first-order valence-corrected chi connectivity index (χ1v) is 24.5. The molecule has 1 unspecified atom stereocenters. The van der Waals surface area contributed by atoms with Crippen LogP contribution < -0.4 is 0 Å². The third kappa shape index (κ3) is 47.0. The molecule has 61 heavy (non-hydrogen) atoms.